The number of hydrogen-bond acceptors (Lipinski definition) is 5. The van der Waals surface area contributed by atoms with Crippen molar-refractivity contribution in [1.82, 2.24) is 29.5 Å². The Hall–Kier alpha value is -3.65. The molecule has 1 aromatic carbocycles. The Morgan fingerprint density at radius 2 is 2.15 bits per heavy atom. The van der Waals surface area contributed by atoms with E-state index in [0.717, 1.165) is 35.5 Å². The van der Waals surface area contributed by atoms with Gasteiger partial charge in [-0.2, -0.15) is 5.10 Å². The smallest absolute Gasteiger partial charge is 0.253 e. The number of imidazole rings is 1. The van der Waals surface area contributed by atoms with Gasteiger partial charge in [-0.05, 0) is 44.0 Å². The highest BCUT2D eigenvalue weighted by Gasteiger charge is 2.25. The summed E-state index contributed by atoms with van der Waals surface area (Å²) in [5.41, 5.74) is 4.74. The van der Waals surface area contributed by atoms with Crippen LogP contribution in [0.25, 0.3) is 23.0 Å². The molecule has 33 heavy (non-hydrogen) atoms. The van der Waals surface area contributed by atoms with Gasteiger partial charge in [-0.3, -0.25) is 13.9 Å². The topological polar surface area (TPSA) is 89.1 Å². The second-order valence-corrected chi connectivity index (χ2v) is 8.50. The molecule has 3 aromatic heterocycles. The van der Waals surface area contributed by atoms with Crippen LogP contribution in [0.3, 0.4) is 0 Å². The van der Waals surface area contributed by atoms with Crippen molar-refractivity contribution in [1.29, 1.82) is 0 Å². The van der Waals surface area contributed by atoms with Gasteiger partial charge in [-0.1, -0.05) is 23.7 Å². The molecule has 3 heterocycles. The lowest BCUT2D eigenvalue weighted by atomic mass is 10.1. The molecule has 1 aliphatic rings. The first-order valence-corrected chi connectivity index (χ1v) is 11.2. The van der Waals surface area contributed by atoms with Crippen LogP contribution in [0.4, 0.5) is 5.82 Å². The van der Waals surface area contributed by atoms with E-state index < -0.39 is 0 Å². The van der Waals surface area contributed by atoms with Crippen molar-refractivity contribution in [2.24, 2.45) is 7.05 Å². The molecule has 0 unspecified atom stereocenters. The molecule has 0 atom stereocenters. The van der Waals surface area contributed by atoms with Gasteiger partial charge in [0.2, 0.25) is 0 Å². The number of amides is 1. The lowest BCUT2D eigenvalue weighted by Crippen LogP contribution is -2.25. The molecule has 9 heteroatoms. The molecule has 1 amide bonds. The molecule has 0 aliphatic heterocycles. The van der Waals surface area contributed by atoms with Gasteiger partial charge in [0.05, 0.1) is 40.4 Å². The minimum atomic E-state index is -0.131. The average molecular weight is 462 g/mol. The maximum Gasteiger partial charge on any atom is 0.253 e. The highest BCUT2D eigenvalue weighted by Crippen LogP contribution is 2.29. The number of nitrogens with zero attached hydrogens (tertiary/aromatic N) is 5. The number of aromatic nitrogens is 5. The molecule has 0 bridgehead atoms. The highest BCUT2D eigenvalue weighted by atomic mass is 35.5. The fraction of sp³-hybridized carbons (Fsp3) is 0.250. The van der Waals surface area contributed by atoms with E-state index in [4.69, 9.17) is 16.6 Å². The van der Waals surface area contributed by atoms with Crippen molar-refractivity contribution in [3.05, 3.63) is 70.9 Å². The molecule has 8 nitrogen and oxygen atoms in total. The monoisotopic (exact) mass is 461 g/mol. The molecule has 1 saturated carbocycles. The van der Waals surface area contributed by atoms with Gasteiger partial charge < -0.3 is 10.6 Å². The number of benzene rings is 1. The summed E-state index contributed by atoms with van der Waals surface area (Å²) in [4.78, 5) is 21.8. The summed E-state index contributed by atoms with van der Waals surface area (Å²) in [6.45, 7) is 2.52. The summed E-state index contributed by atoms with van der Waals surface area (Å²) >= 11 is 6.50. The highest BCUT2D eigenvalue weighted by molar-refractivity contribution is 6.34. The molecule has 0 saturated heterocycles. The number of nitrogens with one attached hydrogen (secondary N) is 2. The third-order valence-electron chi connectivity index (χ3n) is 5.63. The zero-order valence-electron chi connectivity index (χ0n) is 18.4. The number of allylic oxidation sites excluding steroid dienone is 1. The fourth-order valence-electron chi connectivity index (χ4n) is 3.69. The van der Waals surface area contributed by atoms with Gasteiger partial charge in [-0.15, -0.1) is 0 Å². The van der Waals surface area contributed by atoms with Crippen LogP contribution in [0.15, 0.2) is 48.9 Å². The summed E-state index contributed by atoms with van der Waals surface area (Å²) < 4.78 is 3.81. The van der Waals surface area contributed by atoms with Crippen molar-refractivity contribution in [3.63, 3.8) is 0 Å². The molecule has 168 valence electrons. The van der Waals surface area contributed by atoms with Gasteiger partial charge in [0.25, 0.3) is 5.91 Å². The SMILES string of the molecule is CC=Cc1cn2c(-c3ccc(C(=O)NC4CC4)c(Cl)c3)cnc2c(NCc2ccnn2C)n1. The van der Waals surface area contributed by atoms with Gasteiger partial charge >= 0.3 is 0 Å². The first-order chi connectivity index (χ1) is 16.0. The lowest BCUT2D eigenvalue weighted by Gasteiger charge is -2.11. The fourth-order valence-corrected chi connectivity index (χ4v) is 3.95. The number of hydrogen-bond donors (Lipinski definition) is 2. The van der Waals surface area contributed by atoms with E-state index >= 15 is 0 Å². The van der Waals surface area contributed by atoms with Crippen LogP contribution in [0.5, 0.6) is 0 Å². The van der Waals surface area contributed by atoms with E-state index in [9.17, 15) is 4.79 Å². The number of rotatable bonds is 7. The normalized spacial score (nSPS) is 13.7. The number of fused-ring (bicyclic) bond motifs is 1. The van der Waals surface area contributed by atoms with Gasteiger partial charge in [-0.25, -0.2) is 9.97 Å². The Bertz CT molecular complexity index is 1370. The summed E-state index contributed by atoms with van der Waals surface area (Å²) in [7, 11) is 1.90. The largest absolute Gasteiger partial charge is 0.361 e. The van der Waals surface area contributed by atoms with Crippen molar-refractivity contribution in [2.45, 2.75) is 32.4 Å². The Balaban J connectivity index is 1.51. The van der Waals surface area contributed by atoms with E-state index in [1.165, 1.54) is 0 Å². The van der Waals surface area contributed by atoms with Gasteiger partial charge in [0.1, 0.15) is 0 Å². The Morgan fingerprint density at radius 1 is 1.30 bits per heavy atom. The Labute approximate surface area is 196 Å². The third-order valence-corrected chi connectivity index (χ3v) is 5.94. The second kappa shape index (κ2) is 8.71. The van der Waals surface area contributed by atoms with Crippen LogP contribution in [0.2, 0.25) is 5.02 Å². The number of carbonyl (C=O) groups excluding carboxylic acids is 1. The minimum Gasteiger partial charge on any atom is -0.361 e. The molecular formula is C24H24ClN7O. The Kier molecular flexibility index (Phi) is 5.60. The number of carbonyl (C=O) groups is 1. The standard InChI is InChI=1S/C24H24ClN7O/c1-3-4-17-14-32-21(15-5-8-19(20(25)11-15)24(33)30-16-6-7-16)13-27-23(32)22(29-17)26-12-18-9-10-28-31(18)2/h3-5,8-11,13-14,16H,6-7,12H2,1-2H3,(H,26,29)(H,30,33). The summed E-state index contributed by atoms with van der Waals surface area (Å²) in [5, 5.41) is 11.0. The van der Waals surface area contributed by atoms with Crippen LogP contribution >= 0.6 is 11.6 Å². The van der Waals surface area contributed by atoms with Crippen molar-refractivity contribution >= 4 is 35.0 Å². The number of anilines is 1. The minimum absolute atomic E-state index is 0.131. The van der Waals surface area contributed by atoms with Crippen LogP contribution < -0.4 is 10.6 Å². The third kappa shape index (κ3) is 4.34. The van der Waals surface area contributed by atoms with Crippen LogP contribution in [-0.4, -0.2) is 36.1 Å². The van der Waals surface area contributed by atoms with Gasteiger partial charge in [0, 0.05) is 31.0 Å². The quantitative estimate of drug-likeness (QED) is 0.428. The zero-order valence-corrected chi connectivity index (χ0v) is 19.2. The second-order valence-electron chi connectivity index (χ2n) is 8.09. The van der Waals surface area contributed by atoms with E-state index in [2.05, 4.69) is 20.7 Å². The van der Waals surface area contributed by atoms with E-state index in [1.54, 1.807) is 18.5 Å². The molecule has 1 fully saturated rings. The predicted molar refractivity (Wildman–Crippen MR) is 129 cm³/mol. The molecule has 4 aromatic rings. The van der Waals surface area contributed by atoms with Crippen LogP contribution in [0.1, 0.15) is 41.5 Å². The van der Waals surface area contributed by atoms with E-state index in [1.807, 2.05) is 59.6 Å². The van der Waals surface area contributed by atoms with Crippen molar-refractivity contribution in [3.8, 4) is 11.3 Å². The average Bonchev–Trinajstić information content (AvgIpc) is 3.35. The first-order valence-electron chi connectivity index (χ1n) is 10.9. The summed E-state index contributed by atoms with van der Waals surface area (Å²) in [6, 6.07) is 7.72. The molecule has 2 N–H and O–H groups in total. The van der Waals surface area contributed by atoms with E-state index in [-0.39, 0.29) is 11.9 Å². The molecular weight excluding hydrogens is 438 g/mol. The lowest BCUT2D eigenvalue weighted by molar-refractivity contribution is 0.0951. The van der Waals surface area contributed by atoms with Crippen LogP contribution in [-0.2, 0) is 13.6 Å². The van der Waals surface area contributed by atoms with Crippen LogP contribution in [0, 0.1) is 0 Å². The molecule has 1 aliphatic carbocycles. The maximum absolute atomic E-state index is 12.4. The summed E-state index contributed by atoms with van der Waals surface area (Å²) in [6.07, 6.45) is 11.4. The first kappa shape index (κ1) is 21.2. The van der Waals surface area contributed by atoms with Crippen molar-refractivity contribution < 1.29 is 4.79 Å². The molecule has 5 rings (SSSR count). The number of halogens is 1. The van der Waals surface area contributed by atoms with Crippen molar-refractivity contribution in [2.75, 3.05) is 5.32 Å². The zero-order chi connectivity index (χ0) is 22.9. The maximum atomic E-state index is 12.4. The Morgan fingerprint density at radius 3 is 2.85 bits per heavy atom. The predicted octanol–water partition coefficient (Wildman–Crippen LogP) is 4.32. The summed E-state index contributed by atoms with van der Waals surface area (Å²) in [5.74, 6) is 0.540. The van der Waals surface area contributed by atoms with E-state index in [0.29, 0.717) is 28.6 Å². The molecule has 0 radical (unpaired) electrons. The number of aryl methyl sites for hydroxylation is 1. The van der Waals surface area contributed by atoms with Gasteiger partial charge in [0.15, 0.2) is 11.5 Å². The molecule has 0 spiro atoms.